The van der Waals surface area contributed by atoms with Crippen molar-refractivity contribution in [3.8, 4) is 0 Å². The molecule has 0 saturated carbocycles. The summed E-state index contributed by atoms with van der Waals surface area (Å²) in [6.45, 7) is -0.264. The van der Waals surface area contributed by atoms with Gasteiger partial charge in [-0.05, 0) is 0 Å². The highest BCUT2D eigenvalue weighted by molar-refractivity contribution is 5.70. The highest BCUT2D eigenvalue weighted by atomic mass is 19.1. The third-order valence-electron chi connectivity index (χ3n) is 3.06. The average Bonchev–Trinajstić information content (AvgIpc) is 2.92. The Hall–Kier alpha value is -2.00. The largest absolute Gasteiger partial charge is 0.394 e. The van der Waals surface area contributed by atoms with Crippen LogP contribution in [0.15, 0.2) is 11.1 Å². The first-order chi connectivity index (χ1) is 9.10. The predicted octanol–water partition coefficient (Wildman–Crippen LogP) is -0.680. The fourth-order valence-corrected chi connectivity index (χ4v) is 2.19. The van der Waals surface area contributed by atoms with Gasteiger partial charge in [0.25, 0.3) is 5.56 Å². The van der Waals surface area contributed by atoms with Crippen molar-refractivity contribution in [1.82, 2.24) is 19.5 Å². The van der Waals surface area contributed by atoms with Gasteiger partial charge in [0.2, 0.25) is 5.95 Å². The number of nitrogens with zero attached hydrogens (tertiary/aromatic N) is 3. The molecule has 3 rings (SSSR count). The lowest BCUT2D eigenvalue weighted by molar-refractivity contribution is -0.0351. The minimum absolute atomic E-state index is 0.0671. The summed E-state index contributed by atoms with van der Waals surface area (Å²) in [5, 5.41) is 8.99. The molecular weight excluding hydrogens is 257 g/mol. The SMILES string of the molecule is Nc1nc2c(ncn2C2OC(CO)CC2F)c(=O)[nH]1. The van der Waals surface area contributed by atoms with E-state index in [0.717, 1.165) is 0 Å². The minimum atomic E-state index is -1.31. The molecule has 3 atom stereocenters. The molecule has 3 unspecified atom stereocenters. The highest BCUT2D eigenvalue weighted by Gasteiger charge is 2.37. The molecule has 0 aromatic carbocycles. The Balaban J connectivity index is 2.09. The van der Waals surface area contributed by atoms with Crippen LogP contribution in [0, 0.1) is 0 Å². The number of aromatic amines is 1. The van der Waals surface area contributed by atoms with E-state index < -0.39 is 24.1 Å². The number of aromatic nitrogens is 4. The molecule has 1 fully saturated rings. The summed E-state index contributed by atoms with van der Waals surface area (Å²) in [5.41, 5.74) is 5.19. The first kappa shape index (κ1) is 12.1. The fraction of sp³-hybridized carbons (Fsp3) is 0.500. The summed E-state index contributed by atoms with van der Waals surface area (Å²) in [6.07, 6.45) is -1.48. The number of ether oxygens (including phenoxy) is 1. The maximum Gasteiger partial charge on any atom is 0.280 e. The predicted molar refractivity (Wildman–Crippen MR) is 63.1 cm³/mol. The zero-order valence-corrected chi connectivity index (χ0v) is 9.78. The van der Waals surface area contributed by atoms with E-state index in [2.05, 4.69) is 15.0 Å². The summed E-state index contributed by atoms with van der Waals surface area (Å²) in [6, 6.07) is 0. The molecule has 19 heavy (non-hydrogen) atoms. The van der Waals surface area contributed by atoms with E-state index in [-0.39, 0.29) is 30.1 Å². The Morgan fingerprint density at radius 3 is 3.16 bits per heavy atom. The highest BCUT2D eigenvalue weighted by Crippen LogP contribution is 2.32. The summed E-state index contributed by atoms with van der Waals surface area (Å²) >= 11 is 0. The van der Waals surface area contributed by atoms with E-state index in [4.69, 9.17) is 15.6 Å². The van der Waals surface area contributed by atoms with Gasteiger partial charge in [0.05, 0.1) is 19.0 Å². The van der Waals surface area contributed by atoms with Crippen molar-refractivity contribution >= 4 is 17.1 Å². The van der Waals surface area contributed by atoms with Crippen LogP contribution < -0.4 is 11.3 Å². The number of nitrogens with two attached hydrogens (primary N) is 1. The number of alkyl halides is 1. The minimum Gasteiger partial charge on any atom is -0.394 e. The third-order valence-corrected chi connectivity index (χ3v) is 3.06. The number of nitrogen functional groups attached to an aromatic ring is 1. The van der Waals surface area contributed by atoms with E-state index in [1.807, 2.05) is 0 Å². The number of nitrogens with one attached hydrogen (secondary N) is 1. The summed E-state index contributed by atoms with van der Waals surface area (Å²) in [5.74, 6) is -0.0774. The number of fused-ring (bicyclic) bond motifs is 1. The number of hydrogen-bond donors (Lipinski definition) is 3. The van der Waals surface area contributed by atoms with E-state index in [1.54, 1.807) is 0 Å². The third kappa shape index (κ3) is 1.87. The van der Waals surface area contributed by atoms with Crippen molar-refractivity contribution in [2.45, 2.75) is 24.9 Å². The van der Waals surface area contributed by atoms with Gasteiger partial charge in [-0.3, -0.25) is 14.3 Å². The van der Waals surface area contributed by atoms with Gasteiger partial charge in [-0.25, -0.2) is 9.37 Å². The molecule has 102 valence electrons. The molecule has 1 aliphatic rings. The zero-order chi connectivity index (χ0) is 13.6. The molecule has 0 radical (unpaired) electrons. The van der Waals surface area contributed by atoms with Crippen LogP contribution >= 0.6 is 0 Å². The van der Waals surface area contributed by atoms with E-state index in [9.17, 15) is 9.18 Å². The normalized spacial score (nSPS) is 27.2. The molecule has 1 aliphatic heterocycles. The second kappa shape index (κ2) is 4.28. The van der Waals surface area contributed by atoms with Crippen LogP contribution in [0.25, 0.3) is 11.2 Å². The van der Waals surface area contributed by atoms with Gasteiger partial charge in [0.1, 0.15) is 6.17 Å². The second-order valence-corrected chi connectivity index (χ2v) is 4.36. The van der Waals surface area contributed by atoms with Crippen LogP contribution in [-0.2, 0) is 4.74 Å². The van der Waals surface area contributed by atoms with Crippen LogP contribution in [-0.4, -0.2) is 43.5 Å². The molecule has 4 N–H and O–H groups in total. The standard InChI is InChI=1S/C10H12FN5O3/c11-5-1-4(2-17)19-9(5)16-3-13-6-7(16)14-10(12)15-8(6)18/h3-5,9,17H,1-2H2,(H3,12,14,15,18). The van der Waals surface area contributed by atoms with Crippen LogP contribution in [0.3, 0.4) is 0 Å². The first-order valence-electron chi connectivity index (χ1n) is 5.73. The number of imidazole rings is 1. The Morgan fingerprint density at radius 2 is 2.47 bits per heavy atom. The molecule has 1 saturated heterocycles. The van der Waals surface area contributed by atoms with Gasteiger partial charge >= 0.3 is 0 Å². The number of rotatable bonds is 2. The van der Waals surface area contributed by atoms with Crippen LogP contribution in [0.1, 0.15) is 12.6 Å². The van der Waals surface area contributed by atoms with Gasteiger partial charge in [0, 0.05) is 6.42 Å². The molecule has 0 amide bonds. The van der Waals surface area contributed by atoms with Gasteiger partial charge in [-0.15, -0.1) is 0 Å². The zero-order valence-electron chi connectivity index (χ0n) is 9.78. The summed E-state index contributed by atoms with van der Waals surface area (Å²) in [7, 11) is 0. The number of anilines is 1. The Morgan fingerprint density at radius 1 is 1.68 bits per heavy atom. The van der Waals surface area contributed by atoms with Crippen molar-refractivity contribution in [2.24, 2.45) is 0 Å². The number of hydrogen-bond acceptors (Lipinski definition) is 6. The Bertz CT molecular complexity index is 669. The lowest BCUT2D eigenvalue weighted by atomic mass is 10.2. The maximum absolute atomic E-state index is 13.9. The number of H-pyrrole nitrogens is 1. The van der Waals surface area contributed by atoms with Crippen molar-refractivity contribution < 1.29 is 14.2 Å². The maximum atomic E-state index is 13.9. The van der Waals surface area contributed by atoms with Crippen molar-refractivity contribution in [1.29, 1.82) is 0 Å². The van der Waals surface area contributed by atoms with E-state index in [0.29, 0.717) is 0 Å². The van der Waals surface area contributed by atoms with Gasteiger partial charge in [-0.1, -0.05) is 0 Å². The smallest absolute Gasteiger partial charge is 0.280 e. The Labute approximate surface area is 106 Å². The van der Waals surface area contributed by atoms with Crippen molar-refractivity contribution in [3.05, 3.63) is 16.7 Å². The van der Waals surface area contributed by atoms with Crippen molar-refractivity contribution in [3.63, 3.8) is 0 Å². The number of aliphatic hydroxyl groups is 1. The molecule has 2 aromatic rings. The molecule has 2 aromatic heterocycles. The number of aliphatic hydroxyl groups excluding tert-OH is 1. The number of halogens is 1. The molecule has 0 bridgehead atoms. The average molecular weight is 269 g/mol. The monoisotopic (exact) mass is 269 g/mol. The van der Waals surface area contributed by atoms with Gasteiger partial charge in [0.15, 0.2) is 17.4 Å². The van der Waals surface area contributed by atoms with Gasteiger partial charge < -0.3 is 15.6 Å². The van der Waals surface area contributed by atoms with Crippen LogP contribution in [0.5, 0.6) is 0 Å². The van der Waals surface area contributed by atoms with Crippen LogP contribution in [0.2, 0.25) is 0 Å². The first-order valence-corrected chi connectivity index (χ1v) is 5.73. The quantitative estimate of drug-likeness (QED) is 0.664. The summed E-state index contributed by atoms with van der Waals surface area (Å²) < 4.78 is 20.6. The fourth-order valence-electron chi connectivity index (χ4n) is 2.19. The summed E-state index contributed by atoms with van der Waals surface area (Å²) in [4.78, 5) is 21.7. The molecule has 8 nitrogen and oxygen atoms in total. The van der Waals surface area contributed by atoms with Crippen molar-refractivity contribution in [2.75, 3.05) is 12.3 Å². The van der Waals surface area contributed by atoms with E-state index >= 15 is 0 Å². The van der Waals surface area contributed by atoms with E-state index in [1.165, 1.54) is 10.9 Å². The molecule has 3 heterocycles. The molecular formula is C10H12FN5O3. The molecule has 9 heteroatoms. The molecule has 0 aliphatic carbocycles. The van der Waals surface area contributed by atoms with Gasteiger partial charge in [-0.2, -0.15) is 4.98 Å². The lowest BCUT2D eigenvalue weighted by Crippen LogP contribution is -2.18. The lowest BCUT2D eigenvalue weighted by Gasteiger charge is -2.15. The Kier molecular flexibility index (Phi) is 2.72. The topological polar surface area (TPSA) is 119 Å². The molecule has 0 spiro atoms. The van der Waals surface area contributed by atoms with Crippen LogP contribution in [0.4, 0.5) is 10.3 Å². The second-order valence-electron chi connectivity index (χ2n) is 4.36.